The number of hydrogen-bond donors (Lipinski definition) is 1. The summed E-state index contributed by atoms with van der Waals surface area (Å²) < 4.78 is 27.2. The van der Waals surface area contributed by atoms with Crippen molar-refractivity contribution in [1.82, 2.24) is 10.2 Å². The fourth-order valence-electron chi connectivity index (χ4n) is 2.11. The second-order valence-corrected chi connectivity index (χ2v) is 6.02. The van der Waals surface area contributed by atoms with Crippen LogP contribution < -0.4 is 5.32 Å². The molecule has 2 aromatic rings. The molecule has 0 aliphatic carbocycles. The van der Waals surface area contributed by atoms with Crippen molar-refractivity contribution >= 4 is 5.82 Å². The Kier molecular flexibility index (Phi) is 4.36. The molecule has 0 aliphatic rings. The summed E-state index contributed by atoms with van der Waals surface area (Å²) in [7, 11) is 0. The average molecular weight is 302 g/mol. The van der Waals surface area contributed by atoms with Gasteiger partial charge in [-0.15, -0.1) is 10.2 Å². The van der Waals surface area contributed by atoms with Crippen molar-refractivity contribution in [1.29, 1.82) is 5.26 Å². The fraction of sp³-hybridized carbons (Fsp3) is 0.312. The molecule has 1 N–H and O–H groups in total. The molecule has 4 nitrogen and oxygen atoms in total. The summed E-state index contributed by atoms with van der Waals surface area (Å²) in [4.78, 5) is 0. The Morgan fingerprint density at radius 1 is 1.14 bits per heavy atom. The molecule has 22 heavy (non-hydrogen) atoms. The number of rotatable bonds is 3. The van der Waals surface area contributed by atoms with E-state index in [1.807, 2.05) is 26.8 Å². The van der Waals surface area contributed by atoms with Crippen molar-refractivity contribution in [3.05, 3.63) is 53.2 Å². The molecule has 0 amide bonds. The van der Waals surface area contributed by atoms with Gasteiger partial charge in [0.2, 0.25) is 0 Å². The van der Waals surface area contributed by atoms with Crippen LogP contribution in [0.5, 0.6) is 0 Å². The molecule has 0 spiro atoms. The Hall–Kier alpha value is -2.55. The largest absolute Gasteiger partial charge is 0.361 e. The zero-order valence-electron chi connectivity index (χ0n) is 12.6. The summed E-state index contributed by atoms with van der Waals surface area (Å²) in [5, 5.41) is 19.5. The predicted molar refractivity (Wildman–Crippen MR) is 78.9 cm³/mol. The third kappa shape index (κ3) is 3.55. The molecule has 0 saturated carbocycles. The van der Waals surface area contributed by atoms with Crippen LogP contribution in [-0.2, 0) is 0 Å². The third-order valence-electron chi connectivity index (χ3n) is 3.21. The first kappa shape index (κ1) is 15.8. The van der Waals surface area contributed by atoms with Crippen molar-refractivity contribution in [2.75, 3.05) is 5.32 Å². The molecule has 0 radical (unpaired) electrons. The van der Waals surface area contributed by atoms with E-state index < -0.39 is 17.7 Å². The predicted octanol–water partition coefficient (Wildman–Crippen LogP) is 3.83. The molecule has 0 aliphatic heterocycles. The smallest absolute Gasteiger partial charge is 0.163 e. The van der Waals surface area contributed by atoms with Crippen LogP contribution in [0.2, 0.25) is 0 Å². The number of benzene rings is 1. The molecular weight excluding hydrogens is 286 g/mol. The zero-order chi connectivity index (χ0) is 16.3. The summed E-state index contributed by atoms with van der Waals surface area (Å²) in [6, 6.07) is 8.08. The Balaban J connectivity index is 2.36. The van der Waals surface area contributed by atoms with Crippen LogP contribution in [-0.4, -0.2) is 10.2 Å². The lowest BCUT2D eigenvalue weighted by Crippen LogP contribution is -2.27. The third-order valence-corrected chi connectivity index (χ3v) is 3.21. The minimum atomic E-state index is -0.618. The van der Waals surface area contributed by atoms with Gasteiger partial charge < -0.3 is 5.32 Å². The zero-order valence-corrected chi connectivity index (χ0v) is 12.6. The van der Waals surface area contributed by atoms with Crippen molar-refractivity contribution in [2.24, 2.45) is 5.41 Å². The van der Waals surface area contributed by atoms with E-state index >= 15 is 0 Å². The average Bonchev–Trinajstić information content (AvgIpc) is 2.45. The van der Waals surface area contributed by atoms with E-state index in [9.17, 15) is 8.78 Å². The van der Waals surface area contributed by atoms with Gasteiger partial charge in [-0.25, -0.2) is 8.78 Å². The SMILES string of the molecule is CC(C)(C)C(Nc1ccc(C#N)nn1)c1ccc(F)cc1F. The summed E-state index contributed by atoms with van der Waals surface area (Å²) >= 11 is 0. The highest BCUT2D eigenvalue weighted by Gasteiger charge is 2.29. The Morgan fingerprint density at radius 3 is 2.36 bits per heavy atom. The van der Waals surface area contributed by atoms with Gasteiger partial charge in [0, 0.05) is 11.6 Å². The molecule has 1 heterocycles. The Morgan fingerprint density at radius 2 is 1.86 bits per heavy atom. The van der Waals surface area contributed by atoms with E-state index in [2.05, 4.69) is 15.5 Å². The highest BCUT2D eigenvalue weighted by atomic mass is 19.1. The standard InChI is InChI=1S/C16H16F2N4/c1-16(2,3)15(12-6-4-10(17)8-13(12)18)20-14-7-5-11(9-19)21-22-14/h4-8,15H,1-3H3,(H,20,22). The highest BCUT2D eigenvalue weighted by molar-refractivity contribution is 5.40. The second kappa shape index (κ2) is 6.06. The number of halogens is 2. The van der Waals surface area contributed by atoms with Gasteiger partial charge in [0.25, 0.3) is 0 Å². The van der Waals surface area contributed by atoms with Gasteiger partial charge in [-0.05, 0) is 23.6 Å². The first-order valence-corrected chi connectivity index (χ1v) is 6.76. The maximum atomic E-state index is 14.1. The van der Waals surface area contributed by atoms with Gasteiger partial charge in [-0.3, -0.25) is 0 Å². The molecule has 0 fully saturated rings. The van der Waals surface area contributed by atoms with Crippen LogP contribution in [0.4, 0.5) is 14.6 Å². The monoisotopic (exact) mass is 302 g/mol. The van der Waals surface area contributed by atoms with E-state index in [-0.39, 0.29) is 11.1 Å². The summed E-state index contributed by atoms with van der Waals surface area (Å²) in [5.41, 5.74) is 0.194. The van der Waals surface area contributed by atoms with Crippen LogP contribution in [0.1, 0.15) is 38.1 Å². The summed E-state index contributed by atoms with van der Waals surface area (Å²) in [6.07, 6.45) is 0. The molecule has 2 rings (SSSR count). The second-order valence-electron chi connectivity index (χ2n) is 6.02. The molecule has 114 valence electrons. The normalized spacial score (nSPS) is 12.5. The highest BCUT2D eigenvalue weighted by Crippen LogP contribution is 2.36. The topological polar surface area (TPSA) is 61.6 Å². The van der Waals surface area contributed by atoms with Gasteiger partial charge in [0.1, 0.15) is 23.5 Å². The van der Waals surface area contributed by atoms with Gasteiger partial charge >= 0.3 is 0 Å². The number of nitriles is 1. The van der Waals surface area contributed by atoms with Crippen molar-refractivity contribution in [2.45, 2.75) is 26.8 Å². The molecule has 6 heteroatoms. The lowest BCUT2D eigenvalue weighted by molar-refractivity contribution is 0.338. The summed E-state index contributed by atoms with van der Waals surface area (Å²) in [5.74, 6) is -0.816. The maximum absolute atomic E-state index is 14.1. The fourth-order valence-corrected chi connectivity index (χ4v) is 2.11. The molecule has 1 aromatic carbocycles. The molecule has 1 atom stereocenters. The molecule has 1 aromatic heterocycles. The van der Waals surface area contributed by atoms with Gasteiger partial charge in [-0.2, -0.15) is 5.26 Å². The van der Waals surface area contributed by atoms with E-state index in [0.29, 0.717) is 11.4 Å². The Bertz CT molecular complexity index is 700. The lowest BCUT2D eigenvalue weighted by atomic mass is 9.82. The number of aromatic nitrogens is 2. The lowest BCUT2D eigenvalue weighted by Gasteiger charge is -2.32. The first-order valence-electron chi connectivity index (χ1n) is 6.76. The van der Waals surface area contributed by atoms with Gasteiger partial charge in [0.15, 0.2) is 5.69 Å². The molecule has 0 saturated heterocycles. The van der Waals surface area contributed by atoms with E-state index in [4.69, 9.17) is 5.26 Å². The Labute approximate surface area is 127 Å². The van der Waals surface area contributed by atoms with Crippen LogP contribution in [0.25, 0.3) is 0 Å². The first-order chi connectivity index (χ1) is 10.3. The number of nitrogens with zero attached hydrogens (tertiary/aromatic N) is 3. The van der Waals surface area contributed by atoms with Crippen LogP contribution >= 0.6 is 0 Å². The van der Waals surface area contributed by atoms with Crippen molar-refractivity contribution in [3.63, 3.8) is 0 Å². The van der Waals surface area contributed by atoms with E-state index in [0.717, 1.165) is 6.07 Å². The minimum Gasteiger partial charge on any atom is -0.361 e. The van der Waals surface area contributed by atoms with Crippen LogP contribution in [0.3, 0.4) is 0 Å². The van der Waals surface area contributed by atoms with Crippen LogP contribution in [0.15, 0.2) is 30.3 Å². The molecule has 1 unspecified atom stereocenters. The van der Waals surface area contributed by atoms with E-state index in [1.54, 1.807) is 6.07 Å². The quantitative estimate of drug-likeness (QED) is 0.936. The number of anilines is 1. The number of hydrogen-bond acceptors (Lipinski definition) is 4. The van der Waals surface area contributed by atoms with Gasteiger partial charge in [-0.1, -0.05) is 26.8 Å². The number of nitrogens with one attached hydrogen (secondary N) is 1. The maximum Gasteiger partial charge on any atom is 0.163 e. The minimum absolute atomic E-state index is 0.200. The van der Waals surface area contributed by atoms with Gasteiger partial charge in [0.05, 0.1) is 6.04 Å². The van der Waals surface area contributed by atoms with E-state index in [1.165, 1.54) is 18.2 Å². The summed E-state index contributed by atoms with van der Waals surface area (Å²) in [6.45, 7) is 5.81. The molecular formula is C16H16F2N4. The van der Waals surface area contributed by atoms with Crippen molar-refractivity contribution < 1.29 is 8.78 Å². The van der Waals surface area contributed by atoms with Crippen LogP contribution in [0, 0.1) is 28.4 Å². The molecule has 0 bridgehead atoms. The van der Waals surface area contributed by atoms with Crippen molar-refractivity contribution in [3.8, 4) is 6.07 Å².